The van der Waals surface area contributed by atoms with Crippen LogP contribution in [0.4, 0.5) is 5.69 Å². The fourth-order valence-corrected chi connectivity index (χ4v) is 3.21. The maximum absolute atomic E-state index is 9.45. The van der Waals surface area contributed by atoms with Gasteiger partial charge in [0, 0.05) is 19.1 Å². The highest BCUT2D eigenvalue weighted by Crippen LogP contribution is 2.32. The molecule has 1 saturated heterocycles. The van der Waals surface area contributed by atoms with Gasteiger partial charge in [-0.25, -0.2) is 0 Å². The second-order valence-electron chi connectivity index (χ2n) is 5.50. The van der Waals surface area contributed by atoms with E-state index < -0.39 is 0 Å². The van der Waals surface area contributed by atoms with Gasteiger partial charge in [0.05, 0.1) is 25.5 Å². The molecule has 1 aromatic heterocycles. The molecule has 0 atom stereocenters. The number of rotatable bonds is 2. The van der Waals surface area contributed by atoms with E-state index in [1.807, 2.05) is 4.68 Å². The molecule has 3 rings (SSSR count). The first-order chi connectivity index (χ1) is 9.24. The zero-order valence-electron chi connectivity index (χ0n) is 11.2. The van der Waals surface area contributed by atoms with Gasteiger partial charge in [0.15, 0.2) is 0 Å². The first kappa shape index (κ1) is 12.7. The van der Waals surface area contributed by atoms with Crippen LogP contribution in [0.3, 0.4) is 0 Å². The Morgan fingerprint density at radius 3 is 2.37 bits per heavy atom. The maximum Gasteiger partial charge on any atom is 0.253 e. The number of hydrogen-bond donors (Lipinski definition) is 2. The lowest BCUT2D eigenvalue weighted by molar-refractivity contribution is 0.00504. The summed E-state index contributed by atoms with van der Waals surface area (Å²) in [7, 11) is 0. The Kier molecular flexibility index (Phi) is 3.61. The van der Waals surface area contributed by atoms with E-state index in [0.717, 1.165) is 39.1 Å². The smallest absolute Gasteiger partial charge is 0.253 e. The molecule has 2 aliphatic rings. The summed E-state index contributed by atoms with van der Waals surface area (Å²) in [6.07, 6.45) is 6.32. The van der Waals surface area contributed by atoms with Gasteiger partial charge in [0.2, 0.25) is 0 Å². The van der Waals surface area contributed by atoms with E-state index >= 15 is 0 Å². The number of nitrogens with two attached hydrogens (primary N) is 1. The lowest BCUT2D eigenvalue weighted by Crippen LogP contribution is -2.45. The molecule has 2 fully saturated rings. The summed E-state index contributed by atoms with van der Waals surface area (Å²) >= 11 is 0. The van der Waals surface area contributed by atoms with Crippen LogP contribution in [0.2, 0.25) is 0 Å². The minimum atomic E-state index is -0.0460. The van der Waals surface area contributed by atoms with Crippen molar-refractivity contribution in [1.29, 1.82) is 0 Å². The summed E-state index contributed by atoms with van der Waals surface area (Å²) in [5, 5.41) is 13.5. The Bertz CT molecular complexity index is 401. The molecule has 1 saturated carbocycles. The second-order valence-corrected chi connectivity index (χ2v) is 5.50. The van der Waals surface area contributed by atoms with Crippen molar-refractivity contribution in [3.63, 3.8) is 0 Å². The van der Waals surface area contributed by atoms with Crippen LogP contribution in [-0.4, -0.2) is 52.1 Å². The largest absolute Gasteiger partial charge is 0.491 e. The fraction of sp³-hybridized carbons (Fsp3) is 0.769. The van der Waals surface area contributed by atoms with Gasteiger partial charge in [0.25, 0.3) is 5.88 Å². The molecule has 0 bridgehead atoms. The Morgan fingerprint density at radius 1 is 1.16 bits per heavy atom. The summed E-state index contributed by atoms with van der Waals surface area (Å²) in [6.45, 7) is 3.85. The van der Waals surface area contributed by atoms with Gasteiger partial charge in [-0.1, -0.05) is 0 Å². The maximum atomic E-state index is 9.45. The van der Waals surface area contributed by atoms with Gasteiger partial charge in [-0.2, -0.15) is 0 Å². The van der Waals surface area contributed by atoms with Crippen molar-refractivity contribution in [2.45, 2.75) is 37.8 Å². The number of morpholine rings is 1. The second kappa shape index (κ2) is 5.38. The van der Waals surface area contributed by atoms with Crippen molar-refractivity contribution in [2.24, 2.45) is 0 Å². The van der Waals surface area contributed by atoms with Crippen LogP contribution in [0.5, 0.6) is 5.88 Å². The summed E-state index contributed by atoms with van der Waals surface area (Å²) in [4.78, 5) is 2.55. The van der Waals surface area contributed by atoms with Gasteiger partial charge in [0.1, 0.15) is 5.69 Å². The predicted octanol–water partition coefficient (Wildman–Crippen LogP) is 0.987. The standard InChI is InChI=1S/C13H22N4O2/c14-12-9-17(15-13(12)18)11-3-1-10(2-4-11)16-5-7-19-8-6-16/h9-11H,1-8,14H2,(H,15,18)/t10-,11-. The van der Waals surface area contributed by atoms with E-state index in [0.29, 0.717) is 17.8 Å². The Balaban J connectivity index is 1.56. The number of ether oxygens (including phenoxy) is 1. The molecule has 0 spiro atoms. The minimum absolute atomic E-state index is 0.0460. The molecule has 0 aromatic carbocycles. The van der Waals surface area contributed by atoms with Crippen LogP contribution in [0, 0.1) is 0 Å². The van der Waals surface area contributed by atoms with Crippen LogP contribution in [0.15, 0.2) is 6.20 Å². The Labute approximate surface area is 113 Å². The molecular weight excluding hydrogens is 244 g/mol. The lowest BCUT2D eigenvalue weighted by atomic mass is 9.90. The highest BCUT2D eigenvalue weighted by molar-refractivity contribution is 5.44. The molecular formula is C13H22N4O2. The van der Waals surface area contributed by atoms with Crippen LogP contribution in [0.1, 0.15) is 31.7 Å². The van der Waals surface area contributed by atoms with Crippen LogP contribution >= 0.6 is 0 Å². The zero-order chi connectivity index (χ0) is 13.2. The minimum Gasteiger partial charge on any atom is -0.491 e. The van der Waals surface area contributed by atoms with Crippen LogP contribution < -0.4 is 5.73 Å². The van der Waals surface area contributed by atoms with E-state index in [4.69, 9.17) is 10.5 Å². The number of nitrogens with zero attached hydrogens (tertiary/aromatic N) is 3. The van der Waals surface area contributed by atoms with Crippen molar-refractivity contribution >= 4 is 5.69 Å². The Morgan fingerprint density at radius 2 is 1.79 bits per heavy atom. The van der Waals surface area contributed by atoms with Crippen molar-refractivity contribution in [2.75, 3.05) is 32.0 Å². The number of aromatic nitrogens is 2. The van der Waals surface area contributed by atoms with Gasteiger partial charge in [-0.15, -0.1) is 5.10 Å². The topological polar surface area (TPSA) is 76.5 Å². The van der Waals surface area contributed by atoms with E-state index in [9.17, 15) is 5.11 Å². The molecule has 6 nitrogen and oxygen atoms in total. The van der Waals surface area contributed by atoms with Crippen LogP contribution in [-0.2, 0) is 4.74 Å². The van der Waals surface area contributed by atoms with Crippen molar-refractivity contribution in [3.05, 3.63) is 6.20 Å². The van der Waals surface area contributed by atoms with Gasteiger partial charge >= 0.3 is 0 Å². The van der Waals surface area contributed by atoms with Gasteiger partial charge in [-0.3, -0.25) is 9.58 Å². The first-order valence-electron chi connectivity index (χ1n) is 7.09. The SMILES string of the molecule is Nc1cn([C@H]2CC[C@H](N3CCOCC3)CC2)nc1O. The number of anilines is 1. The highest BCUT2D eigenvalue weighted by atomic mass is 16.5. The molecule has 3 N–H and O–H groups in total. The average Bonchev–Trinajstić information content (AvgIpc) is 2.80. The summed E-state index contributed by atoms with van der Waals surface area (Å²) in [5.41, 5.74) is 6.01. The van der Waals surface area contributed by atoms with Gasteiger partial charge < -0.3 is 15.6 Å². The molecule has 1 aliphatic heterocycles. The van der Waals surface area contributed by atoms with E-state index in [2.05, 4.69) is 10.00 Å². The zero-order valence-corrected chi connectivity index (χ0v) is 11.2. The number of nitrogen functional groups attached to an aromatic ring is 1. The normalized spacial score (nSPS) is 29.5. The molecule has 2 heterocycles. The average molecular weight is 266 g/mol. The van der Waals surface area contributed by atoms with Crippen molar-refractivity contribution in [1.82, 2.24) is 14.7 Å². The predicted molar refractivity (Wildman–Crippen MR) is 72.0 cm³/mol. The quantitative estimate of drug-likeness (QED) is 0.834. The molecule has 1 aromatic rings. The van der Waals surface area contributed by atoms with Crippen molar-refractivity contribution < 1.29 is 9.84 Å². The van der Waals surface area contributed by atoms with E-state index in [1.165, 1.54) is 12.8 Å². The molecule has 1 aliphatic carbocycles. The first-order valence-corrected chi connectivity index (χ1v) is 7.09. The monoisotopic (exact) mass is 266 g/mol. The summed E-state index contributed by atoms with van der Waals surface area (Å²) in [6, 6.07) is 1.06. The molecule has 0 radical (unpaired) electrons. The summed E-state index contributed by atoms with van der Waals surface area (Å²) < 4.78 is 7.23. The molecule has 0 amide bonds. The molecule has 0 unspecified atom stereocenters. The third-order valence-corrected chi connectivity index (χ3v) is 4.34. The van der Waals surface area contributed by atoms with Crippen LogP contribution in [0.25, 0.3) is 0 Å². The Hall–Kier alpha value is -1.27. The van der Waals surface area contributed by atoms with Gasteiger partial charge in [-0.05, 0) is 25.7 Å². The molecule has 6 heteroatoms. The fourth-order valence-electron chi connectivity index (χ4n) is 3.21. The number of hydrogen-bond acceptors (Lipinski definition) is 5. The molecule has 19 heavy (non-hydrogen) atoms. The number of aromatic hydroxyl groups is 1. The van der Waals surface area contributed by atoms with E-state index in [-0.39, 0.29) is 5.88 Å². The third kappa shape index (κ3) is 2.69. The van der Waals surface area contributed by atoms with Crippen molar-refractivity contribution in [3.8, 4) is 5.88 Å². The summed E-state index contributed by atoms with van der Waals surface area (Å²) in [5.74, 6) is -0.0460. The lowest BCUT2D eigenvalue weighted by Gasteiger charge is -2.38. The van der Waals surface area contributed by atoms with E-state index in [1.54, 1.807) is 6.20 Å². The highest BCUT2D eigenvalue weighted by Gasteiger charge is 2.28. The molecule has 106 valence electrons. The third-order valence-electron chi connectivity index (χ3n) is 4.34.